The number of hydrogen-bond donors (Lipinski definition) is 4. The summed E-state index contributed by atoms with van der Waals surface area (Å²) in [5.74, 6) is -0.355. The molecule has 0 aromatic carbocycles. The first kappa shape index (κ1) is 25.7. The summed E-state index contributed by atoms with van der Waals surface area (Å²) in [6.07, 6.45) is 5.21. The first-order valence-electron chi connectivity index (χ1n) is 10.2. The molecule has 0 atom stereocenters. The number of esters is 1. The fraction of sp³-hybridized carbons (Fsp3) is 0.550. The van der Waals surface area contributed by atoms with Crippen molar-refractivity contribution >= 4 is 24.0 Å². The molecule has 4 N–H and O–H groups in total. The first-order valence-corrected chi connectivity index (χ1v) is 10.2. The minimum atomic E-state index is -0.468. The summed E-state index contributed by atoms with van der Waals surface area (Å²) >= 11 is 0. The van der Waals surface area contributed by atoms with Gasteiger partial charge in [-0.3, -0.25) is 15.1 Å². The largest absolute Gasteiger partial charge is 0.463 e. The highest BCUT2D eigenvalue weighted by Crippen LogP contribution is 1.99. The number of aromatic amines is 1. The predicted octanol–water partition coefficient (Wildman–Crippen LogP) is 2.00. The van der Waals surface area contributed by atoms with Gasteiger partial charge in [0.2, 0.25) is 5.95 Å². The van der Waals surface area contributed by atoms with Crippen molar-refractivity contribution in [2.75, 3.05) is 31.6 Å². The van der Waals surface area contributed by atoms with Crippen molar-refractivity contribution in [3.63, 3.8) is 0 Å². The molecule has 1 rings (SSSR count). The van der Waals surface area contributed by atoms with Gasteiger partial charge < -0.3 is 20.1 Å². The number of carbonyl (C=O) groups is 3. The van der Waals surface area contributed by atoms with Gasteiger partial charge in [0.15, 0.2) is 0 Å². The Balaban J connectivity index is 1.94. The Morgan fingerprint density at radius 2 is 1.68 bits per heavy atom. The first-order chi connectivity index (χ1) is 14.9. The summed E-state index contributed by atoms with van der Waals surface area (Å²) in [7, 11) is 0. The molecule has 0 fully saturated rings. The summed E-state index contributed by atoms with van der Waals surface area (Å²) in [6.45, 7) is 6.49. The van der Waals surface area contributed by atoms with Gasteiger partial charge in [-0.15, -0.1) is 0 Å². The van der Waals surface area contributed by atoms with E-state index in [0.717, 1.165) is 31.8 Å². The molecule has 3 amide bonds. The van der Waals surface area contributed by atoms with Crippen LogP contribution in [0.2, 0.25) is 0 Å². The van der Waals surface area contributed by atoms with Crippen molar-refractivity contribution in [2.45, 2.75) is 45.4 Å². The summed E-state index contributed by atoms with van der Waals surface area (Å²) in [5.41, 5.74) is 0.190. The number of aryl methyl sites for hydroxylation is 1. The van der Waals surface area contributed by atoms with Gasteiger partial charge in [0.05, 0.1) is 13.2 Å². The minimum absolute atomic E-state index is 0.108. The van der Waals surface area contributed by atoms with Crippen LogP contribution in [0.15, 0.2) is 23.5 Å². The summed E-state index contributed by atoms with van der Waals surface area (Å²) < 4.78 is 9.83. The number of H-pyrrole nitrogens is 1. The van der Waals surface area contributed by atoms with Crippen LogP contribution in [0.25, 0.3) is 0 Å². The zero-order valence-electron chi connectivity index (χ0n) is 17.8. The maximum Gasteiger partial charge on any atom is 0.407 e. The average Bonchev–Trinajstić information content (AvgIpc) is 2.71. The molecule has 0 aliphatic rings. The number of nitrogens with one attached hydrogen (secondary N) is 4. The minimum Gasteiger partial charge on any atom is -0.463 e. The number of amides is 3. The molecule has 0 aliphatic heterocycles. The van der Waals surface area contributed by atoms with Crippen LogP contribution in [0.3, 0.4) is 0 Å². The summed E-state index contributed by atoms with van der Waals surface area (Å²) in [5, 5.41) is 7.84. The van der Waals surface area contributed by atoms with E-state index >= 15 is 0 Å². The number of urea groups is 1. The molecule has 172 valence electrons. The van der Waals surface area contributed by atoms with Crippen LogP contribution >= 0.6 is 0 Å². The van der Waals surface area contributed by atoms with Crippen LogP contribution in [0, 0.1) is 6.92 Å². The van der Waals surface area contributed by atoms with Crippen LogP contribution in [0.5, 0.6) is 0 Å². The lowest BCUT2D eigenvalue weighted by atomic mass is 10.2. The molecule has 0 bridgehead atoms. The van der Waals surface area contributed by atoms with E-state index < -0.39 is 18.1 Å². The Labute approximate surface area is 181 Å². The zero-order chi connectivity index (χ0) is 22.9. The molecule has 11 heteroatoms. The van der Waals surface area contributed by atoms with E-state index in [1.165, 1.54) is 6.07 Å². The van der Waals surface area contributed by atoms with E-state index in [2.05, 4.69) is 32.5 Å². The van der Waals surface area contributed by atoms with Crippen LogP contribution in [-0.4, -0.2) is 54.4 Å². The van der Waals surface area contributed by atoms with Crippen LogP contribution in [0.1, 0.15) is 44.2 Å². The van der Waals surface area contributed by atoms with Crippen molar-refractivity contribution in [1.29, 1.82) is 0 Å². The fourth-order valence-electron chi connectivity index (χ4n) is 2.44. The normalized spacial score (nSPS) is 10.1. The van der Waals surface area contributed by atoms with Crippen molar-refractivity contribution < 1.29 is 23.9 Å². The number of anilines is 1. The molecule has 0 aliphatic carbocycles. The Bertz CT molecular complexity index is 780. The van der Waals surface area contributed by atoms with E-state index in [1.807, 2.05) is 0 Å². The van der Waals surface area contributed by atoms with Gasteiger partial charge in [0, 0.05) is 30.9 Å². The van der Waals surface area contributed by atoms with Crippen LogP contribution in [0.4, 0.5) is 15.5 Å². The third-order valence-corrected chi connectivity index (χ3v) is 3.94. The second-order valence-corrected chi connectivity index (χ2v) is 6.67. The van der Waals surface area contributed by atoms with Gasteiger partial charge in [-0.2, -0.15) is 0 Å². The number of nitrogens with zero attached hydrogens (tertiary/aromatic N) is 1. The van der Waals surface area contributed by atoms with E-state index in [0.29, 0.717) is 31.6 Å². The topological polar surface area (TPSA) is 152 Å². The van der Waals surface area contributed by atoms with E-state index in [4.69, 9.17) is 9.47 Å². The molecule has 0 spiro atoms. The molecule has 0 saturated heterocycles. The summed E-state index contributed by atoms with van der Waals surface area (Å²) in [4.78, 5) is 51.9. The highest BCUT2D eigenvalue weighted by atomic mass is 16.5. The van der Waals surface area contributed by atoms with E-state index in [-0.39, 0.29) is 24.7 Å². The van der Waals surface area contributed by atoms with Gasteiger partial charge in [0.1, 0.15) is 0 Å². The molecule has 11 nitrogen and oxygen atoms in total. The molecule has 0 saturated carbocycles. The maximum atomic E-state index is 11.8. The van der Waals surface area contributed by atoms with Crippen molar-refractivity contribution in [3.05, 3.63) is 34.8 Å². The van der Waals surface area contributed by atoms with Gasteiger partial charge >= 0.3 is 18.1 Å². The smallest absolute Gasteiger partial charge is 0.407 e. The Kier molecular flexibility index (Phi) is 12.8. The summed E-state index contributed by atoms with van der Waals surface area (Å²) in [6, 6.07) is 0.904. The lowest BCUT2D eigenvalue weighted by molar-refractivity contribution is -0.137. The third kappa shape index (κ3) is 13.5. The van der Waals surface area contributed by atoms with E-state index in [1.54, 1.807) is 6.92 Å². The number of alkyl carbamates (subject to hydrolysis) is 1. The van der Waals surface area contributed by atoms with Gasteiger partial charge in [-0.05, 0) is 32.6 Å². The van der Waals surface area contributed by atoms with Gasteiger partial charge in [-0.1, -0.05) is 19.4 Å². The zero-order valence-corrected chi connectivity index (χ0v) is 17.8. The highest BCUT2D eigenvalue weighted by molar-refractivity contribution is 5.87. The second kappa shape index (κ2) is 15.5. The Morgan fingerprint density at radius 3 is 2.32 bits per heavy atom. The van der Waals surface area contributed by atoms with Crippen molar-refractivity contribution in [1.82, 2.24) is 20.6 Å². The Hall–Kier alpha value is -3.37. The third-order valence-electron chi connectivity index (χ3n) is 3.94. The number of unbranched alkanes of at least 4 members (excludes halogenated alkanes) is 4. The lowest BCUT2D eigenvalue weighted by Gasteiger charge is -2.08. The van der Waals surface area contributed by atoms with Crippen LogP contribution in [-0.2, 0) is 14.3 Å². The average molecular weight is 437 g/mol. The molecule has 1 aromatic heterocycles. The van der Waals surface area contributed by atoms with E-state index in [9.17, 15) is 19.2 Å². The number of aromatic nitrogens is 2. The fourth-order valence-corrected chi connectivity index (χ4v) is 2.44. The Morgan fingerprint density at radius 1 is 1.03 bits per heavy atom. The molecule has 0 unspecified atom stereocenters. The predicted molar refractivity (Wildman–Crippen MR) is 115 cm³/mol. The standard InChI is InChI=1S/C20H31N5O6/c1-3-17(27)30-12-8-9-13-31-20(29)22-11-7-5-4-6-10-21-19(28)25-18-23-15(2)14-16(26)24-18/h3,14H,1,4-13H2,2H3,(H,22,29)(H3,21,23,24,25,26,28). The number of carbonyl (C=O) groups excluding carboxylic acids is 3. The quantitative estimate of drug-likeness (QED) is 0.197. The molecule has 31 heavy (non-hydrogen) atoms. The molecular formula is C20H31N5O6. The monoisotopic (exact) mass is 437 g/mol. The molecule has 0 radical (unpaired) electrons. The van der Waals surface area contributed by atoms with Gasteiger partial charge in [-0.25, -0.2) is 19.4 Å². The van der Waals surface area contributed by atoms with Crippen molar-refractivity contribution in [3.8, 4) is 0 Å². The second-order valence-electron chi connectivity index (χ2n) is 6.67. The molecule has 1 aromatic rings. The SMILES string of the molecule is C=CC(=O)OCCCCOC(=O)NCCCCCCNC(=O)Nc1nc(C)cc(=O)[nH]1. The van der Waals surface area contributed by atoms with Crippen molar-refractivity contribution in [2.24, 2.45) is 0 Å². The highest BCUT2D eigenvalue weighted by Gasteiger charge is 2.04. The van der Waals surface area contributed by atoms with Crippen LogP contribution < -0.4 is 21.5 Å². The lowest BCUT2D eigenvalue weighted by Crippen LogP contribution is -2.31. The van der Waals surface area contributed by atoms with Gasteiger partial charge in [0.25, 0.3) is 5.56 Å². The number of ether oxygens (including phenoxy) is 2. The molecule has 1 heterocycles. The number of rotatable bonds is 14. The number of hydrogen-bond acceptors (Lipinski definition) is 7. The molecular weight excluding hydrogens is 406 g/mol. The maximum absolute atomic E-state index is 11.8.